The summed E-state index contributed by atoms with van der Waals surface area (Å²) in [6.45, 7) is 0.374. The van der Waals surface area contributed by atoms with E-state index < -0.39 is 15.9 Å². The van der Waals surface area contributed by atoms with Gasteiger partial charge in [0.2, 0.25) is 15.9 Å². The predicted octanol–water partition coefficient (Wildman–Crippen LogP) is 2.94. The second-order valence-corrected chi connectivity index (χ2v) is 8.64. The molecule has 32 heavy (non-hydrogen) atoms. The van der Waals surface area contributed by atoms with Crippen LogP contribution in [0.25, 0.3) is 11.1 Å². The van der Waals surface area contributed by atoms with Gasteiger partial charge in [-0.1, -0.05) is 30.3 Å². The van der Waals surface area contributed by atoms with Crippen molar-refractivity contribution in [1.82, 2.24) is 9.71 Å². The van der Waals surface area contributed by atoms with Gasteiger partial charge < -0.3 is 9.47 Å². The highest BCUT2D eigenvalue weighted by Gasteiger charge is 2.16. The van der Waals surface area contributed by atoms with Gasteiger partial charge in [0.05, 0.1) is 20.0 Å². The van der Waals surface area contributed by atoms with Gasteiger partial charge in [0.25, 0.3) is 5.91 Å². The van der Waals surface area contributed by atoms with Crippen molar-refractivity contribution >= 4 is 15.9 Å². The van der Waals surface area contributed by atoms with Crippen LogP contribution in [-0.4, -0.2) is 39.3 Å². The van der Waals surface area contributed by atoms with Crippen molar-refractivity contribution < 1.29 is 22.7 Å². The molecule has 164 valence electrons. The van der Waals surface area contributed by atoms with Crippen LogP contribution in [0.3, 0.4) is 0 Å². The van der Waals surface area contributed by atoms with E-state index in [1.54, 1.807) is 18.3 Å². The Kier molecular flexibility index (Phi) is 7.07. The number of rotatable bonds is 8. The number of sulfonamides is 1. The molecule has 3 rings (SSSR count). The highest BCUT2D eigenvalue weighted by atomic mass is 32.2. The first-order valence-corrected chi connectivity index (χ1v) is 11.5. The van der Waals surface area contributed by atoms with Gasteiger partial charge in [-0.2, -0.15) is 5.26 Å². The summed E-state index contributed by atoms with van der Waals surface area (Å²) in [6.07, 6.45) is 3.13. The highest BCUT2D eigenvalue weighted by molar-refractivity contribution is 7.89. The fourth-order valence-corrected chi connectivity index (χ4v) is 3.46. The van der Waals surface area contributed by atoms with Gasteiger partial charge in [-0.05, 0) is 29.8 Å². The van der Waals surface area contributed by atoms with Crippen molar-refractivity contribution in [2.24, 2.45) is 0 Å². The van der Waals surface area contributed by atoms with Gasteiger partial charge in [-0.3, -0.25) is 4.79 Å². The van der Waals surface area contributed by atoms with Crippen LogP contribution in [0.4, 0.5) is 0 Å². The number of ether oxygens (including phenoxy) is 2. The number of nitrogens with zero attached hydrogens (tertiary/aromatic N) is 2. The molecule has 1 N–H and O–H groups in total. The monoisotopic (exact) mass is 451 g/mol. The van der Waals surface area contributed by atoms with Crippen LogP contribution < -0.4 is 14.2 Å². The van der Waals surface area contributed by atoms with Gasteiger partial charge in [0, 0.05) is 29.3 Å². The molecule has 0 atom stereocenters. The molecule has 1 aromatic heterocycles. The Labute approximate surface area is 186 Å². The van der Waals surface area contributed by atoms with Gasteiger partial charge in [0.1, 0.15) is 17.4 Å². The summed E-state index contributed by atoms with van der Waals surface area (Å²) in [5, 5.41) is 9.55. The van der Waals surface area contributed by atoms with Crippen molar-refractivity contribution in [3.8, 4) is 28.8 Å². The zero-order valence-corrected chi connectivity index (χ0v) is 18.3. The highest BCUT2D eigenvalue weighted by Crippen LogP contribution is 2.32. The van der Waals surface area contributed by atoms with Crippen LogP contribution in [0.2, 0.25) is 0 Å². The SMILES string of the molecule is COc1cc(C(=O)NS(C)(=O)=O)ccc1-c1cnc(OCCc2ccccc2)c(C#N)c1. The Morgan fingerprint density at radius 2 is 1.91 bits per heavy atom. The van der Waals surface area contributed by atoms with Gasteiger partial charge >= 0.3 is 0 Å². The lowest BCUT2D eigenvalue weighted by Gasteiger charge is -2.12. The molecule has 0 aliphatic rings. The van der Waals surface area contributed by atoms with Crippen LogP contribution in [-0.2, 0) is 16.4 Å². The second kappa shape index (κ2) is 9.94. The number of amides is 1. The molecule has 3 aromatic rings. The number of aromatic nitrogens is 1. The minimum atomic E-state index is -3.69. The molecule has 8 nitrogen and oxygen atoms in total. The number of methoxy groups -OCH3 is 1. The second-order valence-electron chi connectivity index (χ2n) is 6.89. The maximum Gasteiger partial charge on any atom is 0.264 e. The normalized spacial score (nSPS) is 10.8. The number of carbonyl (C=O) groups excluding carboxylic acids is 1. The van der Waals surface area contributed by atoms with E-state index in [2.05, 4.69) is 11.1 Å². The third-order valence-electron chi connectivity index (χ3n) is 4.50. The summed E-state index contributed by atoms with van der Waals surface area (Å²) in [7, 11) is -2.27. The first-order chi connectivity index (χ1) is 15.3. The van der Waals surface area contributed by atoms with Gasteiger partial charge in [-0.25, -0.2) is 18.1 Å². The minimum Gasteiger partial charge on any atom is -0.496 e. The first-order valence-electron chi connectivity index (χ1n) is 9.58. The molecule has 0 saturated carbocycles. The molecule has 0 fully saturated rings. The van der Waals surface area contributed by atoms with E-state index >= 15 is 0 Å². The Morgan fingerprint density at radius 1 is 1.16 bits per heavy atom. The summed E-state index contributed by atoms with van der Waals surface area (Å²) < 4.78 is 35.6. The van der Waals surface area contributed by atoms with E-state index in [1.807, 2.05) is 35.1 Å². The van der Waals surface area contributed by atoms with Crippen LogP contribution in [0.15, 0.2) is 60.8 Å². The Morgan fingerprint density at radius 3 is 2.56 bits per heavy atom. The lowest BCUT2D eigenvalue weighted by molar-refractivity contribution is 0.0981. The molecular formula is C23H21N3O5S. The molecule has 1 amide bonds. The van der Waals surface area contributed by atoms with Crippen molar-refractivity contribution in [3.05, 3.63) is 77.5 Å². The van der Waals surface area contributed by atoms with Crippen LogP contribution >= 0.6 is 0 Å². The number of nitriles is 1. The van der Waals surface area contributed by atoms with Gasteiger partial charge in [0.15, 0.2) is 0 Å². The van der Waals surface area contributed by atoms with E-state index in [0.29, 0.717) is 29.9 Å². The Balaban J connectivity index is 1.81. The summed E-state index contributed by atoms with van der Waals surface area (Å²) in [5.74, 6) is -0.208. The molecule has 0 radical (unpaired) electrons. The molecule has 0 bridgehead atoms. The Hall–Kier alpha value is -3.90. The lowest BCUT2D eigenvalue weighted by atomic mass is 10.0. The van der Waals surface area contributed by atoms with E-state index in [9.17, 15) is 18.5 Å². The van der Waals surface area contributed by atoms with E-state index in [4.69, 9.17) is 9.47 Å². The summed E-state index contributed by atoms with van der Waals surface area (Å²) in [6, 6.07) is 18.0. The largest absolute Gasteiger partial charge is 0.496 e. The van der Waals surface area contributed by atoms with Crippen LogP contribution in [0.1, 0.15) is 21.5 Å². The van der Waals surface area contributed by atoms with Crippen LogP contribution in [0.5, 0.6) is 11.6 Å². The molecule has 0 aliphatic heterocycles. The van der Waals surface area contributed by atoms with E-state index in [0.717, 1.165) is 11.8 Å². The zero-order chi connectivity index (χ0) is 23.1. The third-order valence-corrected chi connectivity index (χ3v) is 5.05. The molecule has 0 aliphatic carbocycles. The maximum atomic E-state index is 12.1. The maximum absolute atomic E-state index is 12.1. The summed E-state index contributed by atoms with van der Waals surface area (Å²) in [5.41, 5.74) is 2.67. The first kappa shape index (κ1) is 22.8. The standard InChI is InChI=1S/C23H21N3O5S/c1-30-21-13-17(22(27)26-32(2,28)29)8-9-20(21)19-12-18(14-24)23(25-15-19)31-11-10-16-6-4-3-5-7-16/h3-9,12-13,15H,10-11H2,1-2H3,(H,26,27). The number of benzene rings is 2. The molecule has 0 unspecified atom stereocenters. The quantitative estimate of drug-likeness (QED) is 0.559. The number of hydrogen-bond acceptors (Lipinski definition) is 7. The smallest absolute Gasteiger partial charge is 0.264 e. The number of nitrogens with one attached hydrogen (secondary N) is 1. The number of pyridine rings is 1. The van der Waals surface area contributed by atoms with E-state index in [1.165, 1.54) is 19.2 Å². The van der Waals surface area contributed by atoms with Gasteiger partial charge in [-0.15, -0.1) is 0 Å². The fourth-order valence-electron chi connectivity index (χ4n) is 3.00. The Bertz CT molecular complexity index is 1270. The van der Waals surface area contributed by atoms with Crippen molar-refractivity contribution in [1.29, 1.82) is 5.26 Å². The third kappa shape index (κ3) is 5.83. The fraction of sp³-hybridized carbons (Fsp3) is 0.174. The van der Waals surface area contributed by atoms with Crippen molar-refractivity contribution in [3.63, 3.8) is 0 Å². The van der Waals surface area contributed by atoms with Crippen LogP contribution in [0, 0.1) is 11.3 Å². The average molecular weight is 452 g/mol. The summed E-state index contributed by atoms with van der Waals surface area (Å²) >= 11 is 0. The topological polar surface area (TPSA) is 118 Å². The summed E-state index contributed by atoms with van der Waals surface area (Å²) in [4.78, 5) is 16.4. The molecule has 9 heteroatoms. The van der Waals surface area contributed by atoms with E-state index in [-0.39, 0.29) is 17.0 Å². The minimum absolute atomic E-state index is 0.116. The lowest BCUT2D eigenvalue weighted by Crippen LogP contribution is -2.29. The predicted molar refractivity (Wildman–Crippen MR) is 119 cm³/mol. The number of carbonyl (C=O) groups is 1. The molecule has 1 heterocycles. The average Bonchev–Trinajstić information content (AvgIpc) is 2.78. The molecular weight excluding hydrogens is 430 g/mol. The molecule has 0 spiro atoms. The zero-order valence-electron chi connectivity index (χ0n) is 17.5. The molecule has 0 saturated heterocycles. The molecule has 2 aromatic carbocycles. The van der Waals surface area contributed by atoms with Crippen molar-refractivity contribution in [2.75, 3.05) is 20.0 Å². The number of hydrogen-bond donors (Lipinski definition) is 1. The van der Waals surface area contributed by atoms with Crippen molar-refractivity contribution in [2.45, 2.75) is 6.42 Å².